The summed E-state index contributed by atoms with van der Waals surface area (Å²) in [7, 11) is 0. The molecule has 0 atom stereocenters. The van der Waals surface area contributed by atoms with E-state index in [0.29, 0.717) is 0 Å². The zero-order chi connectivity index (χ0) is 13.5. The lowest BCUT2D eigenvalue weighted by atomic mass is 10.2. The van der Waals surface area contributed by atoms with Gasteiger partial charge in [-0.2, -0.15) is 0 Å². The van der Waals surface area contributed by atoms with Gasteiger partial charge in [0, 0.05) is 0 Å². The van der Waals surface area contributed by atoms with Crippen LogP contribution in [0.4, 0.5) is 4.39 Å². The van der Waals surface area contributed by atoms with Gasteiger partial charge < -0.3 is 15.7 Å². The molecule has 6 nitrogen and oxygen atoms in total. The summed E-state index contributed by atoms with van der Waals surface area (Å²) in [6, 6.07) is 5.33. The average molecular weight is 254 g/mol. The van der Waals surface area contributed by atoms with Crippen molar-refractivity contribution in [3.05, 3.63) is 35.6 Å². The van der Waals surface area contributed by atoms with Crippen molar-refractivity contribution in [2.24, 2.45) is 0 Å². The molecule has 96 valence electrons. The molecule has 0 radical (unpaired) electrons. The highest BCUT2D eigenvalue weighted by Crippen LogP contribution is 2.05. The zero-order valence-electron chi connectivity index (χ0n) is 9.27. The van der Waals surface area contributed by atoms with Crippen molar-refractivity contribution in [1.82, 2.24) is 10.6 Å². The smallest absolute Gasteiger partial charge is 0.322 e. The standard InChI is InChI=1S/C11H11FN2O4/c12-8-4-2-1-3-7(8)11(18)14-5-9(15)13-6-10(16)17/h1-4H,5-6H2,(H,13,15)(H,14,18)(H,16,17). The van der Waals surface area contributed by atoms with Gasteiger partial charge in [0.15, 0.2) is 0 Å². The highest BCUT2D eigenvalue weighted by atomic mass is 19.1. The van der Waals surface area contributed by atoms with E-state index in [1.54, 1.807) is 0 Å². The largest absolute Gasteiger partial charge is 0.480 e. The Bertz CT molecular complexity index is 476. The van der Waals surface area contributed by atoms with E-state index in [0.717, 1.165) is 6.07 Å². The monoisotopic (exact) mass is 254 g/mol. The number of benzene rings is 1. The first kappa shape index (κ1) is 13.6. The van der Waals surface area contributed by atoms with E-state index in [2.05, 4.69) is 10.6 Å². The fourth-order valence-corrected chi connectivity index (χ4v) is 1.14. The predicted octanol–water partition coefficient (Wildman–Crippen LogP) is -0.244. The Balaban J connectivity index is 2.45. The molecule has 0 fully saturated rings. The Labute approximate surface area is 102 Å². The van der Waals surface area contributed by atoms with Gasteiger partial charge in [0.25, 0.3) is 5.91 Å². The first-order valence-corrected chi connectivity index (χ1v) is 5.02. The average Bonchev–Trinajstić information content (AvgIpc) is 2.34. The lowest BCUT2D eigenvalue weighted by Gasteiger charge is -2.05. The molecule has 0 bridgehead atoms. The van der Waals surface area contributed by atoms with E-state index in [4.69, 9.17) is 5.11 Å². The minimum absolute atomic E-state index is 0.177. The number of carboxylic acids is 1. The molecule has 0 aliphatic heterocycles. The molecule has 0 aliphatic carbocycles. The van der Waals surface area contributed by atoms with Crippen molar-refractivity contribution < 1.29 is 23.9 Å². The molecule has 0 aromatic heterocycles. The van der Waals surface area contributed by atoms with Crippen LogP contribution in [0, 0.1) is 5.82 Å². The van der Waals surface area contributed by atoms with Gasteiger partial charge in [-0.3, -0.25) is 14.4 Å². The summed E-state index contributed by atoms with van der Waals surface area (Å²) >= 11 is 0. The summed E-state index contributed by atoms with van der Waals surface area (Å²) in [6.07, 6.45) is 0. The van der Waals surface area contributed by atoms with Crippen LogP contribution < -0.4 is 10.6 Å². The van der Waals surface area contributed by atoms with E-state index >= 15 is 0 Å². The van der Waals surface area contributed by atoms with Crippen LogP contribution in [-0.4, -0.2) is 36.0 Å². The van der Waals surface area contributed by atoms with Crippen LogP contribution in [0.3, 0.4) is 0 Å². The molecule has 1 aromatic rings. The third-order valence-electron chi connectivity index (χ3n) is 1.96. The number of nitrogens with one attached hydrogen (secondary N) is 2. The van der Waals surface area contributed by atoms with E-state index < -0.39 is 36.7 Å². The molecule has 1 rings (SSSR count). The quantitative estimate of drug-likeness (QED) is 0.675. The molecule has 3 N–H and O–H groups in total. The Morgan fingerprint density at radius 1 is 1.11 bits per heavy atom. The second kappa shape index (κ2) is 6.33. The van der Waals surface area contributed by atoms with Crippen molar-refractivity contribution in [3.8, 4) is 0 Å². The van der Waals surface area contributed by atoms with Crippen LogP contribution in [0.2, 0.25) is 0 Å². The molecule has 7 heteroatoms. The van der Waals surface area contributed by atoms with Gasteiger partial charge in [0.2, 0.25) is 5.91 Å². The summed E-state index contributed by atoms with van der Waals surface area (Å²) < 4.78 is 13.2. The summed E-state index contributed by atoms with van der Waals surface area (Å²) in [6.45, 7) is -0.950. The molecule has 0 saturated heterocycles. The van der Waals surface area contributed by atoms with Gasteiger partial charge in [-0.15, -0.1) is 0 Å². The third kappa shape index (κ3) is 4.20. The molecule has 0 unspecified atom stereocenters. The van der Waals surface area contributed by atoms with Gasteiger partial charge in [0.1, 0.15) is 12.4 Å². The normalized spacial score (nSPS) is 9.61. The summed E-state index contributed by atoms with van der Waals surface area (Å²) in [5.74, 6) is -3.29. The van der Waals surface area contributed by atoms with Crippen LogP contribution in [0.5, 0.6) is 0 Å². The summed E-state index contributed by atoms with van der Waals surface area (Å²) in [4.78, 5) is 32.7. The highest BCUT2D eigenvalue weighted by molar-refractivity contribution is 5.96. The molecular formula is C11H11FN2O4. The highest BCUT2D eigenvalue weighted by Gasteiger charge is 2.12. The number of aliphatic carboxylic acids is 1. The lowest BCUT2D eigenvalue weighted by Crippen LogP contribution is -2.39. The van der Waals surface area contributed by atoms with Crippen LogP contribution in [-0.2, 0) is 9.59 Å². The molecule has 0 saturated carbocycles. The van der Waals surface area contributed by atoms with Crippen LogP contribution >= 0.6 is 0 Å². The fourth-order valence-electron chi connectivity index (χ4n) is 1.14. The topological polar surface area (TPSA) is 95.5 Å². The first-order valence-electron chi connectivity index (χ1n) is 5.02. The molecule has 0 heterocycles. The van der Waals surface area contributed by atoms with Crippen molar-refractivity contribution in [1.29, 1.82) is 0 Å². The van der Waals surface area contributed by atoms with E-state index in [9.17, 15) is 18.8 Å². The number of rotatable bonds is 5. The fraction of sp³-hybridized carbons (Fsp3) is 0.182. The molecule has 18 heavy (non-hydrogen) atoms. The molecule has 0 spiro atoms. The number of carboxylic acid groups (broad SMARTS) is 1. The summed E-state index contributed by atoms with van der Waals surface area (Å²) in [5, 5.41) is 12.5. The minimum Gasteiger partial charge on any atom is -0.480 e. The van der Waals surface area contributed by atoms with Crippen LogP contribution in [0.1, 0.15) is 10.4 Å². The van der Waals surface area contributed by atoms with E-state index in [1.807, 2.05) is 0 Å². The van der Waals surface area contributed by atoms with Gasteiger partial charge >= 0.3 is 5.97 Å². The Morgan fingerprint density at radius 2 is 1.78 bits per heavy atom. The summed E-state index contributed by atoms with van der Waals surface area (Å²) in [5.41, 5.74) is -0.177. The number of halogens is 1. The Kier molecular flexibility index (Phi) is 4.79. The van der Waals surface area contributed by atoms with Crippen molar-refractivity contribution in [2.75, 3.05) is 13.1 Å². The number of hydrogen-bond acceptors (Lipinski definition) is 3. The number of carbonyl (C=O) groups is 3. The number of hydrogen-bond donors (Lipinski definition) is 3. The lowest BCUT2D eigenvalue weighted by molar-refractivity contribution is -0.137. The third-order valence-corrected chi connectivity index (χ3v) is 1.96. The predicted molar refractivity (Wildman–Crippen MR) is 59.4 cm³/mol. The van der Waals surface area contributed by atoms with Gasteiger partial charge in [0.05, 0.1) is 12.1 Å². The maximum Gasteiger partial charge on any atom is 0.322 e. The van der Waals surface area contributed by atoms with Crippen molar-refractivity contribution in [2.45, 2.75) is 0 Å². The number of carbonyl (C=O) groups excluding carboxylic acids is 2. The zero-order valence-corrected chi connectivity index (χ0v) is 9.27. The molecule has 1 aromatic carbocycles. The van der Waals surface area contributed by atoms with Crippen molar-refractivity contribution in [3.63, 3.8) is 0 Å². The van der Waals surface area contributed by atoms with Gasteiger partial charge in [-0.25, -0.2) is 4.39 Å². The maximum atomic E-state index is 13.2. The van der Waals surface area contributed by atoms with E-state index in [1.165, 1.54) is 18.2 Å². The molecule has 0 aliphatic rings. The Morgan fingerprint density at radius 3 is 2.39 bits per heavy atom. The van der Waals surface area contributed by atoms with Crippen molar-refractivity contribution >= 4 is 17.8 Å². The van der Waals surface area contributed by atoms with Crippen LogP contribution in [0.15, 0.2) is 24.3 Å². The second-order valence-electron chi connectivity index (χ2n) is 3.33. The minimum atomic E-state index is -1.19. The first-order chi connectivity index (χ1) is 8.50. The molecular weight excluding hydrogens is 243 g/mol. The van der Waals surface area contributed by atoms with Gasteiger partial charge in [-0.05, 0) is 12.1 Å². The van der Waals surface area contributed by atoms with Gasteiger partial charge in [-0.1, -0.05) is 12.1 Å². The SMILES string of the molecule is O=C(O)CNC(=O)CNC(=O)c1ccccc1F. The molecule has 2 amide bonds. The Hall–Kier alpha value is -2.44. The van der Waals surface area contributed by atoms with E-state index in [-0.39, 0.29) is 5.56 Å². The number of amides is 2. The maximum absolute atomic E-state index is 13.2. The second-order valence-corrected chi connectivity index (χ2v) is 3.33. The van der Waals surface area contributed by atoms with Crippen LogP contribution in [0.25, 0.3) is 0 Å².